The highest BCUT2D eigenvalue weighted by atomic mass is 15.2. The lowest BCUT2D eigenvalue weighted by Crippen LogP contribution is -2.30. The maximum atomic E-state index is 5.85. The van der Waals surface area contributed by atoms with Crippen LogP contribution in [0.2, 0.25) is 0 Å². The SMILES string of the molecule is CCC(C)N(C)c1nc2ccccc2cc1CN. The zero-order valence-electron chi connectivity index (χ0n) is 11.4. The molecular weight excluding hydrogens is 222 g/mol. The van der Waals surface area contributed by atoms with E-state index in [0.29, 0.717) is 12.6 Å². The molecule has 3 nitrogen and oxygen atoms in total. The molecule has 0 aliphatic carbocycles. The van der Waals surface area contributed by atoms with Crippen LogP contribution >= 0.6 is 0 Å². The van der Waals surface area contributed by atoms with E-state index in [2.05, 4.69) is 37.9 Å². The van der Waals surface area contributed by atoms with Gasteiger partial charge in [-0.15, -0.1) is 0 Å². The Morgan fingerprint density at radius 1 is 1.33 bits per heavy atom. The van der Waals surface area contributed by atoms with Crippen LogP contribution in [-0.2, 0) is 6.54 Å². The largest absolute Gasteiger partial charge is 0.357 e. The third-order valence-corrected chi connectivity index (χ3v) is 3.59. The summed E-state index contributed by atoms with van der Waals surface area (Å²) in [5, 5.41) is 1.15. The molecule has 1 unspecified atom stereocenters. The Labute approximate surface area is 109 Å². The Morgan fingerprint density at radius 3 is 2.72 bits per heavy atom. The Hall–Kier alpha value is -1.61. The van der Waals surface area contributed by atoms with Gasteiger partial charge in [0, 0.05) is 30.6 Å². The number of hydrogen-bond acceptors (Lipinski definition) is 3. The van der Waals surface area contributed by atoms with Gasteiger partial charge in [-0.2, -0.15) is 0 Å². The normalized spacial score (nSPS) is 12.7. The Morgan fingerprint density at radius 2 is 2.06 bits per heavy atom. The van der Waals surface area contributed by atoms with Crippen LogP contribution < -0.4 is 10.6 Å². The zero-order chi connectivity index (χ0) is 13.1. The van der Waals surface area contributed by atoms with Crippen LogP contribution in [0.3, 0.4) is 0 Å². The molecule has 0 radical (unpaired) electrons. The molecule has 1 aromatic heterocycles. The summed E-state index contributed by atoms with van der Waals surface area (Å²) in [6.45, 7) is 4.91. The first-order chi connectivity index (χ1) is 8.67. The van der Waals surface area contributed by atoms with Gasteiger partial charge in [-0.1, -0.05) is 25.1 Å². The van der Waals surface area contributed by atoms with E-state index >= 15 is 0 Å². The average molecular weight is 243 g/mol. The lowest BCUT2D eigenvalue weighted by Gasteiger charge is -2.27. The lowest BCUT2D eigenvalue weighted by atomic mass is 10.1. The van der Waals surface area contributed by atoms with Crippen molar-refractivity contribution in [2.45, 2.75) is 32.9 Å². The summed E-state index contributed by atoms with van der Waals surface area (Å²) < 4.78 is 0. The standard InChI is InChI=1S/C15H21N3/c1-4-11(2)18(3)15-13(10-16)9-12-7-5-6-8-14(12)17-15/h5-9,11H,4,10,16H2,1-3H3. The number of nitrogens with two attached hydrogens (primary N) is 1. The lowest BCUT2D eigenvalue weighted by molar-refractivity contribution is 0.655. The fourth-order valence-electron chi connectivity index (χ4n) is 2.09. The first kappa shape index (κ1) is 12.8. The molecule has 0 aliphatic rings. The van der Waals surface area contributed by atoms with E-state index in [9.17, 15) is 0 Å². The summed E-state index contributed by atoms with van der Waals surface area (Å²) in [7, 11) is 2.09. The van der Waals surface area contributed by atoms with Crippen molar-refractivity contribution < 1.29 is 0 Å². The van der Waals surface area contributed by atoms with E-state index in [4.69, 9.17) is 10.7 Å². The molecule has 2 aromatic rings. The topological polar surface area (TPSA) is 42.2 Å². The van der Waals surface area contributed by atoms with Crippen molar-refractivity contribution in [3.63, 3.8) is 0 Å². The van der Waals surface area contributed by atoms with Crippen molar-refractivity contribution in [3.8, 4) is 0 Å². The molecule has 0 saturated carbocycles. The second-order valence-electron chi connectivity index (χ2n) is 4.74. The van der Waals surface area contributed by atoms with Crippen LogP contribution in [0.1, 0.15) is 25.8 Å². The number of nitrogens with zero attached hydrogens (tertiary/aromatic N) is 2. The predicted molar refractivity (Wildman–Crippen MR) is 77.8 cm³/mol. The number of hydrogen-bond donors (Lipinski definition) is 1. The fourth-order valence-corrected chi connectivity index (χ4v) is 2.09. The Kier molecular flexibility index (Phi) is 3.82. The molecule has 1 heterocycles. The monoisotopic (exact) mass is 243 g/mol. The number of para-hydroxylation sites is 1. The van der Waals surface area contributed by atoms with Crippen molar-refractivity contribution in [3.05, 3.63) is 35.9 Å². The Balaban J connectivity index is 2.54. The van der Waals surface area contributed by atoms with Crippen LogP contribution in [0, 0.1) is 0 Å². The van der Waals surface area contributed by atoms with Crippen LogP contribution in [-0.4, -0.2) is 18.1 Å². The van der Waals surface area contributed by atoms with Gasteiger partial charge in [-0.25, -0.2) is 4.98 Å². The molecule has 2 N–H and O–H groups in total. The number of anilines is 1. The van der Waals surface area contributed by atoms with Crippen molar-refractivity contribution in [1.82, 2.24) is 4.98 Å². The van der Waals surface area contributed by atoms with E-state index in [-0.39, 0.29) is 0 Å². The first-order valence-corrected chi connectivity index (χ1v) is 6.49. The molecule has 0 aliphatic heterocycles. The van der Waals surface area contributed by atoms with Gasteiger partial charge in [-0.3, -0.25) is 0 Å². The van der Waals surface area contributed by atoms with Gasteiger partial charge in [0.1, 0.15) is 5.82 Å². The van der Waals surface area contributed by atoms with Crippen LogP contribution in [0.4, 0.5) is 5.82 Å². The summed E-state index contributed by atoms with van der Waals surface area (Å²) in [5.74, 6) is 1.01. The van der Waals surface area contributed by atoms with E-state index in [1.165, 1.54) is 0 Å². The van der Waals surface area contributed by atoms with E-state index < -0.39 is 0 Å². The summed E-state index contributed by atoms with van der Waals surface area (Å²) >= 11 is 0. The molecular formula is C15H21N3. The second-order valence-corrected chi connectivity index (χ2v) is 4.74. The summed E-state index contributed by atoms with van der Waals surface area (Å²) in [6.07, 6.45) is 1.09. The maximum absolute atomic E-state index is 5.85. The third-order valence-electron chi connectivity index (χ3n) is 3.59. The van der Waals surface area contributed by atoms with Gasteiger partial charge in [0.25, 0.3) is 0 Å². The van der Waals surface area contributed by atoms with Gasteiger partial charge in [0.2, 0.25) is 0 Å². The highest BCUT2D eigenvalue weighted by Crippen LogP contribution is 2.24. The third kappa shape index (κ3) is 2.31. The molecule has 1 aromatic carbocycles. The summed E-state index contributed by atoms with van der Waals surface area (Å²) in [5.41, 5.74) is 7.99. The molecule has 0 saturated heterocycles. The smallest absolute Gasteiger partial charge is 0.133 e. The Bertz CT molecular complexity index is 536. The second kappa shape index (κ2) is 5.36. The van der Waals surface area contributed by atoms with Crippen LogP contribution in [0.25, 0.3) is 10.9 Å². The quantitative estimate of drug-likeness (QED) is 0.897. The van der Waals surface area contributed by atoms with Crippen molar-refractivity contribution in [2.75, 3.05) is 11.9 Å². The molecule has 18 heavy (non-hydrogen) atoms. The van der Waals surface area contributed by atoms with E-state index in [1.54, 1.807) is 0 Å². The number of rotatable bonds is 4. The van der Waals surface area contributed by atoms with Crippen LogP contribution in [0.15, 0.2) is 30.3 Å². The van der Waals surface area contributed by atoms with Crippen molar-refractivity contribution in [1.29, 1.82) is 0 Å². The zero-order valence-corrected chi connectivity index (χ0v) is 11.4. The van der Waals surface area contributed by atoms with Gasteiger partial charge in [0.05, 0.1) is 5.52 Å². The number of aromatic nitrogens is 1. The maximum Gasteiger partial charge on any atom is 0.133 e. The van der Waals surface area contributed by atoms with Gasteiger partial charge in [0.15, 0.2) is 0 Å². The fraction of sp³-hybridized carbons (Fsp3) is 0.400. The summed E-state index contributed by atoms with van der Waals surface area (Å²) in [6, 6.07) is 10.8. The molecule has 3 heteroatoms. The van der Waals surface area contributed by atoms with Gasteiger partial charge >= 0.3 is 0 Å². The molecule has 0 fully saturated rings. The minimum absolute atomic E-state index is 0.462. The molecule has 96 valence electrons. The predicted octanol–water partition coefficient (Wildman–Crippen LogP) is 2.93. The van der Waals surface area contributed by atoms with E-state index in [1.807, 2.05) is 18.2 Å². The van der Waals surface area contributed by atoms with Gasteiger partial charge < -0.3 is 10.6 Å². The average Bonchev–Trinajstić information content (AvgIpc) is 2.44. The van der Waals surface area contributed by atoms with E-state index in [0.717, 1.165) is 28.7 Å². The van der Waals surface area contributed by atoms with Gasteiger partial charge in [-0.05, 0) is 25.5 Å². The minimum Gasteiger partial charge on any atom is -0.357 e. The molecule has 0 spiro atoms. The minimum atomic E-state index is 0.462. The number of benzene rings is 1. The van der Waals surface area contributed by atoms with Crippen molar-refractivity contribution >= 4 is 16.7 Å². The summed E-state index contributed by atoms with van der Waals surface area (Å²) in [4.78, 5) is 6.98. The van der Waals surface area contributed by atoms with Crippen LogP contribution in [0.5, 0.6) is 0 Å². The highest BCUT2D eigenvalue weighted by Gasteiger charge is 2.14. The number of fused-ring (bicyclic) bond motifs is 1. The number of pyridine rings is 1. The molecule has 2 rings (SSSR count). The highest BCUT2D eigenvalue weighted by molar-refractivity contribution is 5.81. The van der Waals surface area contributed by atoms with Crippen molar-refractivity contribution in [2.24, 2.45) is 5.73 Å². The first-order valence-electron chi connectivity index (χ1n) is 6.49. The molecule has 0 bridgehead atoms. The molecule has 1 atom stereocenters. The molecule has 0 amide bonds.